The molecule has 0 aliphatic carbocycles. The van der Waals surface area contributed by atoms with E-state index in [0.717, 1.165) is 43.8 Å². The average molecular weight is 276 g/mol. The minimum Gasteiger partial charge on any atom is -0.495 e. The maximum absolute atomic E-state index is 12.2. The van der Waals surface area contributed by atoms with Crippen molar-refractivity contribution in [2.45, 2.75) is 32.6 Å². The maximum atomic E-state index is 12.2. The van der Waals surface area contributed by atoms with E-state index in [-0.39, 0.29) is 5.91 Å². The molecule has 1 fully saturated rings. The summed E-state index contributed by atoms with van der Waals surface area (Å²) in [5.41, 5.74) is 7.59. The van der Waals surface area contributed by atoms with Crippen LogP contribution in [0.4, 0.5) is 5.69 Å². The molecule has 0 atom stereocenters. The summed E-state index contributed by atoms with van der Waals surface area (Å²) < 4.78 is 5.13. The third kappa shape index (κ3) is 3.65. The van der Waals surface area contributed by atoms with Gasteiger partial charge in [0.15, 0.2) is 0 Å². The number of carbonyl (C=O) groups excluding carboxylic acids is 1. The number of piperidine rings is 1. The van der Waals surface area contributed by atoms with Crippen LogP contribution in [0, 0.1) is 5.92 Å². The number of amides is 1. The van der Waals surface area contributed by atoms with Gasteiger partial charge in [-0.3, -0.25) is 4.79 Å². The highest BCUT2D eigenvalue weighted by Gasteiger charge is 2.19. The first-order valence-corrected chi connectivity index (χ1v) is 7.30. The third-order valence-electron chi connectivity index (χ3n) is 4.06. The van der Waals surface area contributed by atoms with Crippen LogP contribution in [0.2, 0.25) is 0 Å². The number of nitrogens with zero attached hydrogens (tertiary/aromatic N) is 1. The summed E-state index contributed by atoms with van der Waals surface area (Å²) in [5, 5.41) is 0. The maximum Gasteiger partial charge on any atom is 0.222 e. The zero-order chi connectivity index (χ0) is 14.5. The Morgan fingerprint density at radius 3 is 2.70 bits per heavy atom. The number of nitrogens with two attached hydrogens (primary N) is 1. The summed E-state index contributed by atoms with van der Waals surface area (Å²) in [6.45, 7) is 4.07. The van der Waals surface area contributed by atoms with Crippen LogP contribution in [0.15, 0.2) is 18.2 Å². The lowest BCUT2D eigenvalue weighted by molar-refractivity contribution is -0.132. The van der Waals surface area contributed by atoms with Crippen molar-refractivity contribution in [2.75, 3.05) is 25.9 Å². The molecule has 0 radical (unpaired) electrons. The van der Waals surface area contributed by atoms with Gasteiger partial charge in [0.1, 0.15) is 5.75 Å². The van der Waals surface area contributed by atoms with E-state index in [0.29, 0.717) is 17.9 Å². The Bertz CT molecular complexity index is 466. The van der Waals surface area contributed by atoms with Gasteiger partial charge in [0.2, 0.25) is 5.91 Å². The standard InChI is InChI=1S/C16H24N2O2/c1-12-7-9-18(10-8-12)16(19)6-4-13-3-5-15(20-2)14(17)11-13/h3,5,11-12H,4,6-10,17H2,1-2H3. The van der Waals surface area contributed by atoms with E-state index in [9.17, 15) is 4.79 Å². The molecule has 2 rings (SSSR count). The predicted molar refractivity (Wildman–Crippen MR) is 80.7 cm³/mol. The lowest BCUT2D eigenvalue weighted by Crippen LogP contribution is -2.37. The summed E-state index contributed by atoms with van der Waals surface area (Å²) in [4.78, 5) is 14.1. The van der Waals surface area contributed by atoms with Crippen LogP contribution < -0.4 is 10.5 Å². The fraction of sp³-hybridized carbons (Fsp3) is 0.562. The van der Waals surface area contributed by atoms with Gasteiger partial charge >= 0.3 is 0 Å². The lowest BCUT2D eigenvalue weighted by Gasteiger charge is -2.30. The lowest BCUT2D eigenvalue weighted by atomic mass is 9.98. The summed E-state index contributed by atoms with van der Waals surface area (Å²) >= 11 is 0. The molecule has 0 saturated carbocycles. The molecule has 1 amide bonds. The Hall–Kier alpha value is -1.71. The minimum atomic E-state index is 0.256. The van der Waals surface area contributed by atoms with Gasteiger partial charge in [-0.15, -0.1) is 0 Å². The number of hydrogen-bond acceptors (Lipinski definition) is 3. The van der Waals surface area contributed by atoms with E-state index in [1.165, 1.54) is 0 Å². The molecule has 1 heterocycles. The Morgan fingerprint density at radius 1 is 1.40 bits per heavy atom. The highest BCUT2D eigenvalue weighted by molar-refractivity contribution is 5.76. The Morgan fingerprint density at radius 2 is 2.10 bits per heavy atom. The number of carbonyl (C=O) groups is 1. The molecular formula is C16H24N2O2. The first-order valence-electron chi connectivity index (χ1n) is 7.30. The second-order valence-electron chi connectivity index (χ2n) is 5.64. The molecule has 0 unspecified atom stereocenters. The van der Waals surface area contributed by atoms with Crippen LogP contribution in [-0.4, -0.2) is 31.0 Å². The van der Waals surface area contributed by atoms with E-state index in [1.54, 1.807) is 7.11 Å². The fourth-order valence-electron chi connectivity index (χ4n) is 2.61. The Labute approximate surface area is 120 Å². The van der Waals surface area contributed by atoms with Crippen LogP contribution in [0.5, 0.6) is 5.75 Å². The molecule has 4 heteroatoms. The number of aryl methyl sites for hydroxylation is 1. The van der Waals surface area contributed by atoms with E-state index >= 15 is 0 Å². The van der Waals surface area contributed by atoms with Crippen molar-refractivity contribution in [3.05, 3.63) is 23.8 Å². The van der Waals surface area contributed by atoms with Gasteiger partial charge in [-0.1, -0.05) is 13.0 Å². The topological polar surface area (TPSA) is 55.6 Å². The van der Waals surface area contributed by atoms with Crippen molar-refractivity contribution in [3.8, 4) is 5.75 Å². The number of rotatable bonds is 4. The molecular weight excluding hydrogens is 252 g/mol. The number of ether oxygens (including phenoxy) is 1. The summed E-state index contributed by atoms with van der Waals surface area (Å²) in [7, 11) is 1.60. The first-order chi connectivity index (χ1) is 9.60. The molecule has 1 aliphatic rings. The zero-order valence-corrected chi connectivity index (χ0v) is 12.4. The summed E-state index contributed by atoms with van der Waals surface area (Å²) in [6.07, 6.45) is 3.54. The van der Waals surface area contributed by atoms with Crippen molar-refractivity contribution >= 4 is 11.6 Å². The van der Waals surface area contributed by atoms with Crippen molar-refractivity contribution in [1.29, 1.82) is 0 Å². The quantitative estimate of drug-likeness (QED) is 0.859. The van der Waals surface area contributed by atoms with E-state index in [2.05, 4.69) is 6.92 Å². The summed E-state index contributed by atoms with van der Waals surface area (Å²) in [6, 6.07) is 5.73. The van der Waals surface area contributed by atoms with Crippen molar-refractivity contribution in [1.82, 2.24) is 4.90 Å². The molecule has 20 heavy (non-hydrogen) atoms. The molecule has 1 saturated heterocycles. The molecule has 4 nitrogen and oxygen atoms in total. The normalized spacial score (nSPS) is 16.2. The van der Waals surface area contributed by atoms with Gasteiger partial charge in [-0.05, 0) is 42.9 Å². The van der Waals surface area contributed by atoms with Gasteiger partial charge in [-0.2, -0.15) is 0 Å². The highest BCUT2D eigenvalue weighted by atomic mass is 16.5. The molecule has 2 N–H and O–H groups in total. The van der Waals surface area contributed by atoms with Gasteiger partial charge in [-0.25, -0.2) is 0 Å². The second kappa shape index (κ2) is 6.64. The fourth-order valence-corrected chi connectivity index (χ4v) is 2.61. The number of likely N-dealkylation sites (tertiary alicyclic amines) is 1. The Kier molecular flexibility index (Phi) is 4.88. The first kappa shape index (κ1) is 14.7. The third-order valence-corrected chi connectivity index (χ3v) is 4.06. The van der Waals surface area contributed by atoms with Crippen molar-refractivity contribution in [3.63, 3.8) is 0 Å². The molecule has 0 bridgehead atoms. The van der Waals surface area contributed by atoms with Crippen LogP contribution in [0.1, 0.15) is 31.7 Å². The average Bonchev–Trinajstić information content (AvgIpc) is 2.45. The molecule has 0 spiro atoms. The number of methoxy groups -OCH3 is 1. The van der Waals surface area contributed by atoms with Crippen LogP contribution in [0.25, 0.3) is 0 Å². The van der Waals surface area contributed by atoms with Gasteiger partial charge in [0.05, 0.1) is 12.8 Å². The molecule has 110 valence electrons. The van der Waals surface area contributed by atoms with Crippen LogP contribution in [0.3, 0.4) is 0 Å². The van der Waals surface area contributed by atoms with E-state index < -0.39 is 0 Å². The smallest absolute Gasteiger partial charge is 0.222 e. The molecule has 0 aromatic heterocycles. The van der Waals surface area contributed by atoms with Crippen LogP contribution >= 0.6 is 0 Å². The zero-order valence-electron chi connectivity index (χ0n) is 12.4. The highest BCUT2D eigenvalue weighted by Crippen LogP contribution is 2.23. The number of nitrogen functional groups attached to an aromatic ring is 1. The predicted octanol–water partition coefficient (Wildman–Crippen LogP) is 2.47. The van der Waals surface area contributed by atoms with Gasteiger partial charge < -0.3 is 15.4 Å². The van der Waals surface area contributed by atoms with Crippen molar-refractivity contribution < 1.29 is 9.53 Å². The summed E-state index contributed by atoms with van der Waals surface area (Å²) in [5.74, 6) is 1.69. The minimum absolute atomic E-state index is 0.256. The largest absolute Gasteiger partial charge is 0.495 e. The van der Waals surface area contributed by atoms with Gasteiger partial charge in [0, 0.05) is 19.5 Å². The number of hydrogen-bond donors (Lipinski definition) is 1. The monoisotopic (exact) mass is 276 g/mol. The molecule has 1 aromatic carbocycles. The van der Waals surface area contributed by atoms with E-state index in [1.807, 2.05) is 23.1 Å². The second-order valence-corrected chi connectivity index (χ2v) is 5.64. The Balaban J connectivity index is 1.85. The van der Waals surface area contributed by atoms with E-state index in [4.69, 9.17) is 10.5 Å². The van der Waals surface area contributed by atoms with Crippen LogP contribution in [-0.2, 0) is 11.2 Å². The van der Waals surface area contributed by atoms with Crippen molar-refractivity contribution in [2.24, 2.45) is 5.92 Å². The molecule has 1 aromatic rings. The molecule has 1 aliphatic heterocycles. The number of anilines is 1. The van der Waals surface area contributed by atoms with Gasteiger partial charge in [0.25, 0.3) is 0 Å². The number of benzene rings is 1. The SMILES string of the molecule is COc1ccc(CCC(=O)N2CCC(C)CC2)cc1N.